The number of nitrogens with zero attached hydrogens (tertiary/aromatic N) is 2. The maximum absolute atomic E-state index is 12.9. The van der Waals surface area contributed by atoms with Gasteiger partial charge < -0.3 is 30.2 Å². The van der Waals surface area contributed by atoms with Crippen molar-refractivity contribution in [1.82, 2.24) is 20.2 Å². The predicted octanol–water partition coefficient (Wildman–Crippen LogP) is 3.42. The molecule has 0 aliphatic heterocycles. The molecule has 0 saturated heterocycles. The van der Waals surface area contributed by atoms with Crippen molar-refractivity contribution in [2.75, 3.05) is 13.2 Å². The molecular formula is C28H35ClN4O5. The molecule has 2 atom stereocenters. The second-order valence-corrected chi connectivity index (χ2v) is 9.83. The number of carbonyl (C=O) groups excluding carboxylic acids is 2. The molecule has 10 heteroatoms. The number of ether oxygens (including phenoxy) is 1. The van der Waals surface area contributed by atoms with Crippen molar-refractivity contribution in [3.8, 4) is 17.0 Å². The fraction of sp³-hybridized carbons (Fsp3) is 0.393. The topological polar surface area (TPSA) is 126 Å². The Morgan fingerprint density at radius 3 is 2.39 bits per heavy atom. The SMILES string of the molecule is CC(=O)N[C@@H](CO)c1nc(-c2ccc(C[C@@H](CCO)NC(=O)c3ccc(OC(C)C)c(Cl)c3)cc2)cn1C. The quantitative estimate of drug-likeness (QED) is 0.278. The van der Waals surface area contributed by atoms with Gasteiger partial charge in [-0.15, -0.1) is 0 Å². The van der Waals surface area contributed by atoms with Crippen LogP contribution in [0.4, 0.5) is 0 Å². The van der Waals surface area contributed by atoms with E-state index in [0.717, 1.165) is 11.1 Å². The van der Waals surface area contributed by atoms with Crippen LogP contribution in [0.3, 0.4) is 0 Å². The smallest absolute Gasteiger partial charge is 0.251 e. The van der Waals surface area contributed by atoms with Gasteiger partial charge in [-0.2, -0.15) is 0 Å². The van der Waals surface area contributed by atoms with Crippen molar-refractivity contribution in [3.63, 3.8) is 0 Å². The molecule has 0 bridgehead atoms. The van der Waals surface area contributed by atoms with Gasteiger partial charge in [-0.1, -0.05) is 35.9 Å². The first-order valence-electron chi connectivity index (χ1n) is 12.5. The second kappa shape index (κ2) is 13.4. The highest BCUT2D eigenvalue weighted by Crippen LogP contribution is 2.27. The van der Waals surface area contributed by atoms with Crippen molar-refractivity contribution in [2.24, 2.45) is 7.05 Å². The molecule has 1 heterocycles. The van der Waals surface area contributed by atoms with E-state index in [1.54, 1.807) is 22.8 Å². The molecule has 38 heavy (non-hydrogen) atoms. The highest BCUT2D eigenvalue weighted by Gasteiger charge is 2.19. The van der Waals surface area contributed by atoms with Gasteiger partial charge in [0.15, 0.2) is 0 Å². The number of aliphatic hydroxyl groups excluding tert-OH is 2. The summed E-state index contributed by atoms with van der Waals surface area (Å²) in [6.45, 7) is 4.87. The van der Waals surface area contributed by atoms with Crippen LogP contribution in [0.25, 0.3) is 11.3 Å². The van der Waals surface area contributed by atoms with Gasteiger partial charge in [0.25, 0.3) is 5.91 Å². The summed E-state index contributed by atoms with van der Waals surface area (Å²) in [5.74, 6) is 0.545. The number of carbonyl (C=O) groups is 2. The first-order valence-corrected chi connectivity index (χ1v) is 12.9. The summed E-state index contributed by atoms with van der Waals surface area (Å²) in [6, 6.07) is 11.8. The lowest BCUT2D eigenvalue weighted by Gasteiger charge is -2.19. The Kier molecular flexibility index (Phi) is 10.3. The molecule has 0 aliphatic rings. The van der Waals surface area contributed by atoms with Crippen LogP contribution in [0, 0.1) is 0 Å². The standard InChI is InChI=1S/C28H35ClN4O5/c1-17(2)38-26-10-9-21(14-23(26)29)28(37)31-22(11-12-34)13-19-5-7-20(8-6-19)24-15-33(4)27(32-24)25(16-35)30-18(3)36/h5-10,14-15,17,22,25,34-35H,11-13,16H2,1-4H3,(H,30,36)(H,31,37)/t22-,25+/m1/s1. The summed E-state index contributed by atoms with van der Waals surface area (Å²) >= 11 is 6.29. The molecule has 3 rings (SSSR count). The van der Waals surface area contributed by atoms with Gasteiger partial charge in [-0.05, 0) is 50.5 Å². The lowest BCUT2D eigenvalue weighted by atomic mass is 10.0. The third kappa shape index (κ3) is 7.80. The number of halogens is 1. The molecule has 9 nitrogen and oxygen atoms in total. The Morgan fingerprint density at radius 2 is 1.82 bits per heavy atom. The molecule has 3 aromatic rings. The van der Waals surface area contributed by atoms with Gasteiger partial charge in [-0.25, -0.2) is 4.98 Å². The Bertz CT molecular complexity index is 1240. The van der Waals surface area contributed by atoms with Crippen LogP contribution in [-0.2, 0) is 18.3 Å². The predicted molar refractivity (Wildman–Crippen MR) is 146 cm³/mol. The molecule has 0 fully saturated rings. The highest BCUT2D eigenvalue weighted by atomic mass is 35.5. The van der Waals surface area contributed by atoms with Crippen molar-refractivity contribution in [1.29, 1.82) is 0 Å². The fourth-order valence-electron chi connectivity index (χ4n) is 4.12. The van der Waals surface area contributed by atoms with Crippen molar-refractivity contribution in [2.45, 2.75) is 51.8 Å². The normalized spacial score (nSPS) is 12.7. The minimum absolute atomic E-state index is 0.0339. The Balaban J connectivity index is 1.69. The van der Waals surface area contributed by atoms with Gasteiger partial charge in [0, 0.05) is 43.9 Å². The summed E-state index contributed by atoms with van der Waals surface area (Å²) < 4.78 is 7.41. The van der Waals surface area contributed by atoms with E-state index in [0.29, 0.717) is 40.7 Å². The third-order valence-electron chi connectivity index (χ3n) is 5.89. The number of aromatic nitrogens is 2. The first-order chi connectivity index (χ1) is 18.1. The van der Waals surface area contributed by atoms with Gasteiger partial charge in [0.05, 0.1) is 23.4 Å². The van der Waals surface area contributed by atoms with Crippen LogP contribution < -0.4 is 15.4 Å². The van der Waals surface area contributed by atoms with Gasteiger partial charge in [0.1, 0.15) is 17.6 Å². The van der Waals surface area contributed by atoms with Crippen molar-refractivity contribution in [3.05, 3.63) is 70.6 Å². The van der Waals surface area contributed by atoms with E-state index < -0.39 is 6.04 Å². The zero-order chi connectivity index (χ0) is 27.8. The molecule has 0 radical (unpaired) electrons. The third-order valence-corrected chi connectivity index (χ3v) is 6.18. The molecular weight excluding hydrogens is 508 g/mol. The Hall–Kier alpha value is -3.40. The zero-order valence-electron chi connectivity index (χ0n) is 22.1. The van der Waals surface area contributed by atoms with E-state index in [1.807, 2.05) is 51.4 Å². The second-order valence-electron chi connectivity index (χ2n) is 9.43. The summed E-state index contributed by atoms with van der Waals surface area (Å²) in [5, 5.41) is 25.3. The minimum atomic E-state index is -0.595. The van der Waals surface area contributed by atoms with E-state index in [-0.39, 0.29) is 37.2 Å². The molecule has 0 spiro atoms. The number of rotatable bonds is 12. The number of hydrogen-bond acceptors (Lipinski definition) is 6. The highest BCUT2D eigenvalue weighted by molar-refractivity contribution is 6.32. The van der Waals surface area contributed by atoms with Gasteiger partial charge in [-0.3, -0.25) is 9.59 Å². The summed E-state index contributed by atoms with van der Waals surface area (Å²) in [7, 11) is 1.81. The number of benzene rings is 2. The molecule has 2 aromatic carbocycles. The monoisotopic (exact) mass is 542 g/mol. The molecule has 4 N–H and O–H groups in total. The molecule has 0 aliphatic carbocycles. The zero-order valence-corrected chi connectivity index (χ0v) is 22.8. The number of nitrogens with one attached hydrogen (secondary N) is 2. The van der Waals surface area contributed by atoms with E-state index >= 15 is 0 Å². The number of aryl methyl sites for hydroxylation is 1. The Morgan fingerprint density at radius 1 is 1.11 bits per heavy atom. The maximum Gasteiger partial charge on any atom is 0.251 e. The van der Waals surface area contributed by atoms with Crippen LogP contribution in [0.2, 0.25) is 5.02 Å². The molecule has 0 unspecified atom stereocenters. The summed E-state index contributed by atoms with van der Waals surface area (Å²) in [5.41, 5.74) is 2.97. The number of amides is 2. The lowest BCUT2D eigenvalue weighted by molar-refractivity contribution is -0.120. The van der Waals surface area contributed by atoms with Crippen LogP contribution in [0.1, 0.15) is 55.0 Å². The molecule has 2 amide bonds. The van der Waals surface area contributed by atoms with Crippen LogP contribution in [0.15, 0.2) is 48.7 Å². The van der Waals surface area contributed by atoms with Crippen molar-refractivity contribution >= 4 is 23.4 Å². The molecule has 1 aromatic heterocycles. The molecule has 0 saturated carbocycles. The van der Waals surface area contributed by atoms with E-state index in [1.165, 1.54) is 6.92 Å². The fourth-order valence-corrected chi connectivity index (χ4v) is 4.34. The number of aliphatic hydroxyl groups is 2. The van der Waals surface area contributed by atoms with E-state index in [2.05, 4.69) is 15.6 Å². The largest absolute Gasteiger partial charge is 0.489 e. The summed E-state index contributed by atoms with van der Waals surface area (Å²) in [6.07, 6.45) is 2.72. The van der Waals surface area contributed by atoms with Gasteiger partial charge in [0.2, 0.25) is 5.91 Å². The van der Waals surface area contributed by atoms with E-state index in [9.17, 15) is 19.8 Å². The van der Waals surface area contributed by atoms with Crippen LogP contribution in [0.5, 0.6) is 5.75 Å². The van der Waals surface area contributed by atoms with Gasteiger partial charge >= 0.3 is 0 Å². The van der Waals surface area contributed by atoms with Crippen LogP contribution >= 0.6 is 11.6 Å². The average molecular weight is 543 g/mol. The van der Waals surface area contributed by atoms with Crippen molar-refractivity contribution < 1.29 is 24.5 Å². The number of hydrogen-bond donors (Lipinski definition) is 4. The first kappa shape index (κ1) is 29.2. The van der Waals surface area contributed by atoms with E-state index in [4.69, 9.17) is 16.3 Å². The minimum Gasteiger partial charge on any atom is -0.489 e. The summed E-state index contributed by atoms with van der Waals surface area (Å²) in [4.78, 5) is 28.9. The average Bonchev–Trinajstić information content (AvgIpc) is 3.25. The Labute approximate surface area is 227 Å². The molecule has 204 valence electrons. The number of imidazole rings is 1. The maximum atomic E-state index is 12.9. The van der Waals surface area contributed by atoms with Crippen LogP contribution in [-0.4, -0.2) is 56.9 Å². The lowest BCUT2D eigenvalue weighted by Crippen LogP contribution is -2.37.